The number of aromatic nitrogens is 2. The van der Waals surface area contributed by atoms with Crippen LogP contribution in [-0.4, -0.2) is 34.1 Å². The van der Waals surface area contributed by atoms with Crippen LogP contribution in [0.1, 0.15) is 33.5 Å². The Labute approximate surface area is 182 Å². The molecule has 4 heterocycles. The molecule has 0 spiro atoms. The van der Waals surface area contributed by atoms with Crippen molar-refractivity contribution >= 4 is 33.9 Å². The van der Waals surface area contributed by atoms with Gasteiger partial charge in [0.2, 0.25) is 11.8 Å². The lowest BCUT2D eigenvalue weighted by Crippen LogP contribution is -2.40. The van der Waals surface area contributed by atoms with Crippen LogP contribution in [0.2, 0.25) is 0 Å². The number of fused-ring (bicyclic) bond motifs is 2. The highest BCUT2D eigenvalue weighted by Gasteiger charge is 2.31. The van der Waals surface area contributed by atoms with Crippen LogP contribution < -0.4 is 10.9 Å². The van der Waals surface area contributed by atoms with Crippen LogP contribution in [0.15, 0.2) is 51.0 Å². The van der Waals surface area contributed by atoms with Crippen molar-refractivity contribution in [2.24, 2.45) is 0 Å². The summed E-state index contributed by atoms with van der Waals surface area (Å²) in [4.78, 5) is 28.9. The molecule has 7 nitrogen and oxygen atoms in total. The normalized spacial score (nSPS) is 16.4. The van der Waals surface area contributed by atoms with E-state index in [4.69, 9.17) is 4.42 Å². The first-order valence-corrected chi connectivity index (χ1v) is 11.0. The molecule has 0 bridgehead atoms. The molecular weight excluding hydrogens is 412 g/mol. The maximum atomic E-state index is 13.0. The molecule has 0 saturated heterocycles. The summed E-state index contributed by atoms with van der Waals surface area (Å²) in [6.07, 6.45) is 0.914. The van der Waals surface area contributed by atoms with Gasteiger partial charge in [0.15, 0.2) is 0 Å². The van der Waals surface area contributed by atoms with Crippen LogP contribution in [0.3, 0.4) is 0 Å². The van der Waals surface area contributed by atoms with E-state index in [2.05, 4.69) is 44.0 Å². The molecule has 31 heavy (non-hydrogen) atoms. The Bertz CT molecular complexity index is 1320. The third-order valence-electron chi connectivity index (χ3n) is 5.78. The number of rotatable bonds is 4. The standard InChI is InChI=1S/C23H22N4O3S/c1-13-19-14(2)30-23(20(19)22(29)26-25-13)24-18(28)12-27-10-8-17-16(9-11-31-17)21(27)15-6-4-3-5-7-15/h3-7,9,11,21H,8,10,12H2,1-2H3,(H,24,28)(H,26,29). The molecule has 8 heteroatoms. The highest BCUT2D eigenvalue weighted by atomic mass is 32.1. The van der Waals surface area contributed by atoms with Crippen molar-refractivity contribution < 1.29 is 9.21 Å². The summed E-state index contributed by atoms with van der Waals surface area (Å²) in [5.74, 6) is 0.516. The number of aromatic amines is 1. The molecule has 0 radical (unpaired) electrons. The number of nitrogens with one attached hydrogen (secondary N) is 2. The number of hydrogen-bond donors (Lipinski definition) is 2. The van der Waals surface area contributed by atoms with E-state index in [1.165, 1.54) is 10.4 Å². The Kier molecular flexibility index (Phi) is 4.95. The number of anilines is 1. The number of nitrogens with zero attached hydrogens (tertiary/aromatic N) is 2. The number of hydrogen-bond acceptors (Lipinski definition) is 6. The van der Waals surface area contributed by atoms with Gasteiger partial charge in [0.25, 0.3) is 5.56 Å². The minimum Gasteiger partial charge on any atom is -0.444 e. The third-order valence-corrected chi connectivity index (χ3v) is 6.78. The van der Waals surface area contributed by atoms with E-state index in [1.54, 1.807) is 25.2 Å². The second kappa shape index (κ2) is 7.79. The van der Waals surface area contributed by atoms with Crippen molar-refractivity contribution in [3.8, 4) is 0 Å². The van der Waals surface area contributed by atoms with Crippen molar-refractivity contribution in [2.75, 3.05) is 18.4 Å². The summed E-state index contributed by atoms with van der Waals surface area (Å²) < 4.78 is 5.73. The van der Waals surface area contributed by atoms with Gasteiger partial charge < -0.3 is 4.42 Å². The average molecular weight is 435 g/mol. The monoisotopic (exact) mass is 434 g/mol. The molecule has 0 saturated carbocycles. The van der Waals surface area contributed by atoms with Crippen LogP contribution in [0.5, 0.6) is 0 Å². The molecule has 4 aromatic rings. The van der Waals surface area contributed by atoms with Crippen molar-refractivity contribution in [1.29, 1.82) is 0 Å². The van der Waals surface area contributed by atoms with Gasteiger partial charge in [-0.15, -0.1) is 11.3 Å². The number of carbonyl (C=O) groups is 1. The first kappa shape index (κ1) is 19.7. The van der Waals surface area contributed by atoms with Crippen molar-refractivity contribution in [1.82, 2.24) is 15.1 Å². The van der Waals surface area contributed by atoms with E-state index >= 15 is 0 Å². The zero-order valence-electron chi connectivity index (χ0n) is 17.3. The number of benzene rings is 1. The summed E-state index contributed by atoms with van der Waals surface area (Å²) in [6, 6.07) is 12.4. The molecule has 5 rings (SSSR count). The number of H-pyrrole nitrogens is 1. The Balaban J connectivity index is 1.44. The van der Waals surface area contributed by atoms with Crippen LogP contribution in [0.25, 0.3) is 10.8 Å². The molecule has 3 aromatic heterocycles. The molecule has 2 N–H and O–H groups in total. The number of aryl methyl sites for hydroxylation is 2. The van der Waals surface area contributed by atoms with Crippen molar-refractivity contribution in [3.05, 3.63) is 79.6 Å². The molecular formula is C23H22N4O3S. The molecule has 0 aliphatic carbocycles. The van der Waals surface area contributed by atoms with Gasteiger partial charge in [0.1, 0.15) is 11.1 Å². The van der Waals surface area contributed by atoms with E-state index in [1.807, 2.05) is 18.2 Å². The molecule has 1 unspecified atom stereocenters. The van der Waals surface area contributed by atoms with Gasteiger partial charge >= 0.3 is 0 Å². The minimum absolute atomic E-state index is 0.0203. The molecule has 1 aliphatic rings. The quantitative estimate of drug-likeness (QED) is 0.510. The van der Waals surface area contributed by atoms with Gasteiger partial charge in [-0.25, -0.2) is 5.10 Å². The summed E-state index contributed by atoms with van der Waals surface area (Å²) in [5.41, 5.74) is 2.69. The van der Waals surface area contributed by atoms with Gasteiger partial charge in [-0.2, -0.15) is 5.10 Å². The van der Waals surface area contributed by atoms with Crippen LogP contribution >= 0.6 is 11.3 Å². The third kappa shape index (κ3) is 3.47. The summed E-state index contributed by atoms with van der Waals surface area (Å²) in [7, 11) is 0. The molecule has 1 aromatic carbocycles. The van der Waals surface area contributed by atoms with Crippen LogP contribution in [-0.2, 0) is 11.2 Å². The van der Waals surface area contributed by atoms with Crippen LogP contribution in [0.4, 0.5) is 5.88 Å². The van der Waals surface area contributed by atoms with Gasteiger partial charge in [-0.3, -0.25) is 19.8 Å². The lowest BCUT2D eigenvalue weighted by atomic mass is 9.93. The summed E-state index contributed by atoms with van der Waals surface area (Å²) in [5, 5.41) is 12.4. The fourth-order valence-corrected chi connectivity index (χ4v) is 5.35. The van der Waals surface area contributed by atoms with Gasteiger partial charge in [-0.1, -0.05) is 30.3 Å². The van der Waals surface area contributed by atoms with Crippen LogP contribution in [0, 0.1) is 13.8 Å². The highest BCUT2D eigenvalue weighted by molar-refractivity contribution is 7.10. The lowest BCUT2D eigenvalue weighted by Gasteiger charge is -2.35. The number of carbonyl (C=O) groups excluding carboxylic acids is 1. The second-order valence-corrected chi connectivity index (χ2v) is 8.76. The zero-order chi connectivity index (χ0) is 21.5. The number of amides is 1. The van der Waals surface area contributed by atoms with E-state index in [0.29, 0.717) is 22.2 Å². The smallest absolute Gasteiger partial charge is 0.277 e. The van der Waals surface area contributed by atoms with Gasteiger partial charge in [0, 0.05) is 11.4 Å². The summed E-state index contributed by atoms with van der Waals surface area (Å²) >= 11 is 1.77. The minimum atomic E-state index is -0.379. The Morgan fingerprint density at radius 2 is 2.06 bits per heavy atom. The first-order chi connectivity index (χ1) is 15.0. The fourth-order valence-electron chi connectivity index (χ4n) is 4.45. The molecule has 1 amide bonds. The molecule has 158 valence electrons. The second-order valence-electron chi connectivity index (χ2n) is 7.76. The zero-order valence-corrected chi connectivity index (χ0v) is 18.1. The first-order valence-electron chi connectivity index (χ1n) is 10.2. The van der Waals surface area contributed by atoms with Crippen molar-refractivity contribution in [2.45, 2.75) is 26.3 Å². The number of thiophene rings is 1. The van der Waals surface area contributed by atoms with E-state index < -0.39 is 0 Å². The maximum absolute atomic E-state index is 13.0. The Morgan fingerprint density at radius 3 is 2.87 bits per heavy atom. The summed E-state index contributed by atoms with van der Waals surface area (Å²) in [6.45, 7) is 4.53. The predicted molar refractivity (Wildman–Crippen MR) is 121 cm³/mol. The van der Waals surface area contributed by atoms with E-state index in [0.717, 1.165) is 18.5 Å². The largest absolute Gasteiger partial charge is 0.444 e. The molecule has 0 fully saturated rings. The fraction of sp³-hybridized carbons (Fsp3) is 0.261. The SMILES string of the molecule is Cc1n[nH]c(=O)c2c(NC(=O)CN3CCc4sccc4C3c3ccccc3)oc(C)c12. The van der Waals surface area contributed by atoms with Gasteiger partial charge in [-0.05, 0) is 42.8 Å². The van der Waals surface area contributed by atoms with E-state index in [-0.39, 0.29) is 29.9 Å². The van der Waals surface area contributed by atoms with E-state index in [9.17, 15) is 9.59 Å². The molecule has 1 aliphatic heterocycles. The maximum Gasteiger partial charge on any atom is 0.277 e. The molecule has 1 atom stereocenters. The predicted octanol–water partition coefficient (Wildman–Crippen LogP) is 3.78. The lowest BCUT2D eigenvalue weighted by molar-refractivity contribution is -0.117. The van der Waals surface area contributed by atoms with Gasteiger partial charge in [0.05, 0.1) is 23.7 Å². The number of furan rings is 1. The Morgan fingerprint density at radius 1 is 1.26 bits per heavy atom. The Hall–Kier alpha value is -3.23. The van der Waals surface area contributed by atoms with Crippen molar-refractivity contribution in [3.63, 3.8) is 0 Å². The highest BCUT2D eigenvalue weighted by Crippen LogP contribution is 2.37. The topological polar surface area (TPSA) is 91.2 Å². The average Bonchev–Trinajstić information content (AvgIpc) is 3.36.